The predicted molar refractivity (Wildman–Crippen MR) is 56.8 cm³/mol. The van der Waals surface area contributed by atoms with E-state index in [0.29, 0.717) is 5.92 Å². The van der Waals surface area contributed by atoms with Gasteiger partial charge in [0.15, 0.2) is 0 Å². The van der Waals surface area contributed by atoms with E-state index in [1.165, 1.54) is 19.3 Å². The van der Waals surface area contributed by atoms with Gasteiger partial charge in [-0.2, -0.15) is 0 Å². The number of hydrogen-bond acceptors (Lipinski definition) is 0. The molecule has 0 bridgehead atoms. The fraction of sp³-hybridized carbons (Fsp3) is 0.385. The fourth-order valence-corrected chi connectivity index (χ4v) is 1.98. The fourth-order valence-electron chi connectivity index (χ4n) is 1.98. The van der Waals surface area contributed by atoms with Crippen molar-refractivity contribution >= 4 is 0 Å². The molecule has 0 nitrogen and oxygen atoms in total. The van der Waals surface area contributed by atoms with Crippen LogP contribution < -0.4 is 0 Å². The van der Waals surface area contributed by atoms with Crippen LogP contribution in [0.3, 0.4) is 0 Å². The van der Waals surface area contributed by atoms with Crippen molar-refractivity contribution in [3.05, 3.63) is 47.5 Å². The van der Waals surface area contributed by atoms with Crippen molar-refractivity contribution in [3.63, 3.8) is 0 Å². The monoisotopic (exact) mass is 172 g/mol. The maximum atomic E-state index is 2.34. The summed E-state index contributed by atoms with van der Waals surface area (Å²) in [5.41, 5.74) is 3.08. The van der Waals surface area contributed by atoms with Crippen molar-refractivity contribution in [1.82, 2.24) is 0 Å². The summed E-state index contributed by atoms with van der Waals surface area (Å²) < 4.78 is 0. The lowest BCUT2D eigenvalue weighted by Crippen LogP contribution is -2.02. The van der Waals surface area contributed by atoms with E-state index < -0.39 is 0 Å². The molecule has 0 fully saturated rings. The highest BCUT2D eigenvalue weighted by Gasteiger charge is 2.06. The highest BCUT2D eigenvalue weighted by atomic mass is 14.1. The molecule has 2 rings (SSSR count). The van der Waals surface area contributed by atoms with Gasteiger partial charge >= 0.3 is 0 Å². The SMILES string of the molecule is CC1/C=C\CCc2ccccc2C1. The molecule has 1 unspecified atom stereocenters. The zero-order valence-electron chi connectivity index (χ0n) is 8.16. The van der Waals surface area contributed by atoms with E-state index in [9.17, 15) is 0 Å². The number of benzene rings is 1. The highest BCUT2D eigenvalue weighted by molar-refractivity contribution is 5.29. The summed E-state index contributed by atoms with van der Waals surface area (Å²) in [6.07, 6.45) is 8.27. The van der Waals surface area contributed by atoms with Crippen molar-refractivity contribution in [1.29, 1.82) is 0 Å². The summed E-state index contributed by atoms with van der Waals surface area (Å²) in [6.45, 7) is 2.29. The average molecular weight is 172 g/mol. The van der Waals surface area contributed by atoms with Crippen LogP contribution in [0.2, 0.25) is 0 Å². The van der Waals surface area contributed by atoms with Gasteiger partial charge < -0.3 is 0 Å². The van der Waals surface area contributed by atoms with Crippen LogP contribution in [0.1, 0.15) is 24.5 Å². The van der Waals surface area contributed by atoms with Gasteiger partial charge in [-0.15, -0.1) is 0 Å². The number of allylic oxidation sites excluding steroid dienone is 2. The molecule has 0 saturated carbocycles. The van der Waals surface area contributed by atoms with E-state index in [1.807, 2.05) is 0 Å². The van der Waals surface area contributed by atoms with Crippen molar-refractivity contribution < 1.29 is 0 Å². The Kier molecular flexibility index (Phi) is 2.49. The molecule has 13 heavy (non-hydrogen) atoms. The van der Waals surface area contributed by atoms with E-state index >= 15 is 0 Å². The van der Waals surface area contributed by atoms with Gasteiger partial charge in [-0.1, -0.05) is 43.3 Å². The largest absolute Gasteiger partial charge is 0.0879 e. The third-order valence-corrected chi connectivity index (χ3v) is 2.71. The minimum absolute atomic E-state index is 0.696. The Morgan fingerprint density at radius 3 is 2.77 bits per heavy atom. The molecule has 0 aliphatic heterocycles. The van der Waals surface area contributed by atoms with Gasteiger partial charge in [-0.3, -0.25) is 0 Å². The average Bonchev–Trinajstić information content (AvgIpc) is 2.11. The summed E-state index contributed by atoms with van der Waals surface area (Å²) in [5, 5.41) is 0. The van der Waals surface area contributed by atoms with Crippen LogP contribution in [-0.2, 0) is 12.8 Å². The smallest absolute Gasteiger partial charge is 0.0216 e. The zero-order valence-corrected chi connectivity index (χ0v) is 8.16. The number of aryl methyl sites for hydroxylation is 1. The van der Waals surface area contributed by atoms with Gasteiger partial charge in [0.2, 0.25) is 0 Å². The first-order chi connectivity index (χ1) is 6.36. The Labute approximate surface area is 80.3 Å². The Morgan fingerprint density at radius 1 is 1.15 bits per heavy atom. The molecular weight excluding hydrogens is 156 g/mol. The van der Waals surface area contributed by atoms with E-state index in [4.69, 9.17) is 0 Å². The van der Waals surface area contributed by atoms with Crippen molar-refractivity contribution in [2.24, 2.45) is 5.92 Å². The lowest BCUT2D eigenvalue weighted by molar-refractivity contribution is 0.701. The minimum atomic E-state index is 0.696. The Morgan fingerprint density at radius 2 is 1.92 bits per heavy atom. The molecule has 1 atom stereocenters. The molecule has 1 aliphatic rings. The van der Waals surface area contributed by atoms with Gasteiger partial charge in [0.1, 0.15) is 0 Å². The van der Waals surface area contributed by atoms with Gasteiger partial charge in [0.05, 0.1) is 0 Å². The third-order valence-electron chi connectivity index (χ3n) is 2.71. The van der Waals surface area contributed by atoms with Crippen LogP contribution in [0.15, 0.2) is 36.4 Å². The van der Waals surface area contributed by atoms with Crippen LogP contribution in [0, 0.1) is 5.92 Å². The molecule has 1 aromatic rings. The van der Waals surface area contributed by atoms with E-state index in [2.05, 4.69) is 43.3 Å². The Bertz CT molecular complexity index is 310. The maximum Gasteiger partial charge on any atom is -0.0216 e. The first kappa shape index (κ1) is 8.55. The minimum Gasteiger partial charge on any atom is -0.0879 e. The summed E-state index contributed by atoms with van der Waals surface area (Å²) in [4.78, 5) is 0. The molecule has 0 heterocycles. The molecule has 0 aromatic heterocycles. The molecule has 0 saturated heterocycles. The first-order valence-electron chi connectivity index (χ1n) is 5.09. The van der Waals surface area contributed by atoms with E-state index in [1.54, 1.807) is 11.1 Å². The Hall–Kier alpha value is -1.04. The molecule has 0 heteroatoms. The lowest BCUT2D eigenvalue weighted by Gasteiger charge is -2.14. The van der Waals surface area contributed by atoms with Crippen LogP contribution in [-0.4, -0.2) is 0 Å². The number of fused-ring (bicyclic) bond motifs is 1. The second kappa shape index (κ2) is 3.78. The second-order valence-corrected chi connectivity index (χ2v) is 3.92. The van der Waals surface area contributed by atoms with Crippen LogP contribution in [0.5, 0.6) is 0 Å². The van der Waals surface area contributed by atoms with E-state index in [-0.39, 0.29) is 0 Å². The topological polar surface area (TPSA) is 0 Å². The maximum absolute atomic E-state index is 2.34. The molecule has 1 aliphatic carbocycles. The van der Waals surface area contributed by atoms with E-state index in [0.717, 1.165) is 0 Å². The van der Waals surface area contributed by atoms with Crippen molar-refractivity contribution in [2.45, 2.75) is 26.2 Å². The summed E-state index contributed by atoms with van der Waals surface area (Å²) in [6, 6.07) is 8.83. The van der Waals surface area contributed by atoms with Crippen LogP contribution in [0.4, 0.5) is 0 Å². The summed E-state index contributed by atoms with van der Waals surface area (Å²) >= 11 is 0. The normalized spacial score (nSPS) is 24.2. The lowest BCUT2D eigenvalue weighted by atomic mass is 9.92. The molecule has 0 amide bonds. The van der Waals surface area contributed by atoms with Gasteiger partial charge in [0.25, 0.3) is 0 Å². The molecule has 68 valence electrons. The molecule has 0 N–H and O–H groups in total. The van der Waals surface area contributed by atoms with Crippen molar-refractivity contribution in [3.8, 4) is 0 Å². The summed E-state index contributed by atoms with van der Waals surface area (Å²) in [7, 11) is 0. The predicted octanol–water partition coefficient (Wildman–Crippen LogP) is 3.37. The molecule has 1 aromatic carbocycles. The third kappa shape index (κ3) is 2.00. The Balaban J connectivity index is 2.30. The number of hydrogen-bond donors (Lipinski definition) is 0. The quantitative estimate of drug-likeness (QED) is 0.526. The first-order valence-corrected chi connectivity index (χ1v) is 5.09. The van der Waals surface area contributed by atoms with Crippen molar-refractivity contribution in [2.75, 3.05) is 0 Å². The van der Waals surface area contributed by atoms with Crippen LogP contribution >= 0.6 is 0 Å². The molecule has 0 spiro atoms. The standard InChI is InChI=1S/C13H16/c1-11-6-2-3-7-12-8-4-5-9-13(12)10-11/h2,4-6,8-9,11H,3,7,10H2,1H3/b6-2-. The van der Waals surface area contributed by atoms with Gasteiger partial charge in [0, 0.05) is 0 Å². The molecule has 0 radical (unpaired) electrons. The second-order valence-electron chi connectivity index (χ2n) is 3.92. The zero-order chi connectivity index (χ0) is 9.10. The van der Waals surface area contributed by atoms with Gasteiger partial charge in [-0.25, -0.2) is 0 Å². The van der Waals surface area contributed by atoms with Crippen LogP contribution in [0.25, 0.3) is 0 Å². The molecular formula is C13H16. The number of rotatable bonds is 0. The highest BCUT2D eigenvalue weighted by Crippen LogP contribution is 2.19. The summed E-state index contributed by atoms with van der Waals surface area (Å²) in [5.74, 6) is 0.696. The van der Waals surface area contributed by atoms with Gasteiger partial charge in [-0.05, 0) is 36.3 Å².